The number of carbonyl (C=O) groups is 3. The Hall–Kier alpha value is -4.28. The Bertz CT molecular complexity index is 1370. The lowest BCUT2D eigenvalue weighted by molar-refractivity contribution is -0.117. The molecule has 3 aromatic carbocycles. The van der Waals surface area contributed by atoms with Crippen molar-refractivity contribution in [3.05, 3.63) is 94.5 Å². The maximum atomic E-state index is 12.9. The fourth-order valence-corrected chi connectivity index (χ4v) is 4.79. The maximum Gasteiger partial charge on any atom is 0.238 e. The highest BCUT2D eigenvalue weighted by Gasteiger charge is 2.29. The molecule has 1 aliphatic heterocycles. The Morgan fingerprint density at radius 1 is 0.829 bits per heavy atom. The number of nitriles is 1. The van der Waals surface area contributed by atoms with Gasteiger partial charge >= 0.3 is 0 Å². The molecule has 1 saturated heterocycles. The molecule has 1 amide bonds. The second kappa shape index (κ2) is 9.53. The molecule has 0 radical (unpaired) electrons. The molecule has 0 spiro atoms. The van der Waals surface area contributed by atoms with E-state index in [0.717, 1.165) is 31.7 Å². The van der Waals surface area contributed by atoms with Gasteiger partial charge in [-0.25, -0.2) is 0 Å². The molecule has 0 saturated carbocycles. The van der Waals surface area contributed by atoms with Crippen molar-refractivity contribution in [2.45, 2.75) is 6.42 Å². The number of rotatable bonds is 4. The summed E-state index contributed by atoms with van der Waals surface area (Å²) in [7, 11) is 0. The van der Waals surface area contributed by atoms with Gasteiger partial charge in [0.05, 0.1) is 17.8 Å². The third kappa shape index (κ3) is 4.44. The number of benzene rings is 3. The molecule has 0 unspecified atom stereocenters. The highest BCUT2D eigenvalue weighted by Crippen LogP contribution is 2.29. The molecule has 1 fully saturated rings. The minimum absolute atomic E-state index is 0.175. The van der Waals surface area contributed by atoms with Gasteiger partial charge in [-0.3, -0.25) is 19.3 Å². The molecule has 5 rings (SSSR count). The Morgan fingerprint density at radius 2 is 1.51 bits per heavy atom. The number of anilines is 2. The van der Waals surface area contributed by atoms with Crippen molar-refractivity contribution in [1.82, 2.24) is 4.90 Å². The predicted molar refractivity (Wildman–Crippen MR) is 133 cm³/mol. The molecule has 35 heavy (non-hydrogen) atoms. The van der Waals surface area contributed by atoms with Crippen molar-refractivity contribution >= 4 is 28.8 Å². The first-order valence-corrected chi connectivity index (χ1v) is 11.6. The van der Waals surface area contributed by atoms with Gasteiger partial charge in [0.15, 0.2) is 11.6 Å². The van der Waals surface area contributed by atoms with Gasteiger partial charge in [0.1, 0.15) is 6.07 Å². The average Bonchev–Trinajstić information content (AvgIpc) is 3.12. The number of hydrogen-bond acceptors (Lipinski definition) is 6. The number of hydrogen-bond donors (Lipinski definition) is 1. The van der Waals surface area contributed by atoms with E-state index in [1.54, 1.807) is 42.5 Å². The minimum Gasteiger partial charge on any atom is -0.369 e. The normalized spacial score (nSPS) is 15.6. The van der Waals surface area contributed by atoms with E-state index in [4.69, 9.17) is 0 Å². The minimum atomic E-state index is -0.212. The van der Waals surface area contributed by atoms with Gasteiger partial charge in [-0.15, -0.1) is 0 Å². The zero-order valence-electron chi connectivity index (χ0n) is 19.2. The van der Waals surface area contributed by atoms with Crippen molar-refractivity contribution in [1.29, 1.82) is 5.26 Å². The van der Waals surface area contributed by atoms with Crippen molar-refractivity contribution in [3.63, 3.8) is 0 Å². The van der Waals surface area contributed by atoms with Crippen LogP contribution < -0.4 is 10.2 Å². The number of nitrogens with one attached hydrogen (secondary N) is 1. The van der Waals surface area contributed by atoms with Crippen LogP contribution >= 0.6 is 0 Å². The molecule has 174 valence electrons. The Balaban J connectivity index is 1.24. The van der Waals surface area contributed by atoms with Gasteiger partial charge in [0.25, 0.3) is 0 Å². The summed E-state index contributed by atoms with van der Waals surface area (Å²) >= 11 is 0. The molecule has 0 atom stereocenters. The number of amides is 1. The maximum absolute atomic E-state index is 12.9. The number of carbonyl (C=O) groups excluding carboxylic acids is 3. The fourth-order valence-electron chi connectivity index (χ4n) is 4.79. The lowest BCUT2D eigenvalue weighted by atomic mass is 9.84. The summed E-state index contributed by atoms with van der Waals surface area (Å²) in [6.45, 7) is 3.23. The first kappa shape index (κ1) is 22.5. The average molecular weight is 465 g/mol. The van der Waals surface area contributed by atoms with Crippen LogP contribution in [0.1, 0.15) is 43.8 Å². The molecule has 2 aliphatic rings. The second-order valence-electron chi connectivity index (χ2n) is 8.76. The third-order valence-corrected chi connectivity index (χ3v) is 6.53. The van der Waals surface area contributed by atoms with Crippen LogP contribution in [0.25, 0.3) is 0 Å². The smallest absolute Gasteiger partial charge is 0.238 e. The lowest BCUT2D eigenvalue weighted by Gasteiger charge is -2.24. The third-order valence-electron chi connectivity index (χ3n) is 6.53. The van der Waals surface area contributed by atoms with Crippen molar-refractivity contribution in [2.75, 3.05) is 42.9 Å². The van der Waals surface area contributed by atoms with E-state index in [2.05, 4.69) is 21.2 Å². The van der Waals surface area contributed by atoms with Crippen LogP contribution in [0, 0.1) is 11.3 Å². The molecule has 3 aromatic rings. The zero-order valence-corrected chi connectivity index (χ0v) is 19.2. The molecule has 7 heteroatoms. The van der Waals surface area contributed by atoms with Crippen LogP contribution in [-0.4, -0.2) is 55.1 Å². The van der Waals surface area contributed by atoms with Crippen molar-refractivity contribution < 1.29 is 14.4 Å². The highest BCUT2D eigenvalue weighted by atomic mass is 16.2. The molecule has 0 bridgehead atoms. The zero-order chi connectivity index (χ0) is 24.4. The van der Waals surface area contributed by atoms with Crippen LogP contribution in [0.3, 0.4) is 0 Å². The summed E-state index contributed by atoms with van der Waals surface area (Å²) in [6.07, 6.45) is 0.877. The van der Waals surface area contributed by atoms with E-state index in [-0.39, 0.29) is 24.0 Å². The summed E-state index contributed by atoms with van der Waals surface area (Å²) in [5, 5.41) is 12.3. The first-order chi connectivity index (χ1) is 17.0. The number of para-hydroxylation sites is 1. The van der Waals surface area contributed by atoms with E-state index in [0.29, 0.717) is 40.0 Å². The quantitative estimate of drug-likeness (QED) is 0.497. The van der Waals surface area contributed by atoms with Gasteiger partial charge in [-0.2, -0.15) is 5.26 Å². The van der Waals surface area contributed by atoms with E-state index in [1.807, 2.05) is 24.3 Å². The number of fused-ring (bicyclic) bond motifs is 2. The van der Waals surface area contributed by atoms with Crippen LogP contribution in [0.15, 0.2) is 66.7 Å². The van der Waals surface area contributed by atoms with Crippen LogP contribution in [0.4, 0.5) is 11.4 Å². The summed E-state index contributed by atoms with van der Waals surface area (Å²) in [5.41, 5.74) is 3.55. The van der Waals surface area contributed by atoms with Gasteiger partial charge in [0.2, 0.25) is 5.91 Å². The Morgan fingerprint density at radius 3 is 2.29 bits per heavy atom. The van der Waals surface area contributed by atoms with E-state index < -0.39 is 0 Å². The van der Waals surface area contributed by atoms with Gasteiger partial charge in [-0.1, -0.05) is 36.4 Å². The molecular weight excluding hydrogens is 440 g/mol. The topological polar surface area (TPSA) is 93.5 Å². The Labute approximate surface area is 203 Å². The SMILES string of the molecule is N#Cc1ccccc1N1CCCN(CC(=O)Nc2ccc3c(c2)C(=O)c2ccccc2C3=O)CC1. The molecular formula is C28H24N4O3. The largest absolute Gasteiger partial charge is 0.369 e. The fraction of sp³-hybridized carbons (Fsp3) is 0.214. The summed E-state index contributed by atoms with van der Waals surface area (Å²) in [6, 6.07) is 21.5. The second-order valence-corrected chi connectivity index (χ2v) is 8.76. The monoisotopic (exact) mass is 464 g/mol. The molecule has 1 aliphatic carbocycles. The van der Waals surface area contributed by atoms with Crippen molar-refractivity contribution in [3.8, 4) is 6.07 Å². The van der Waals surface area contributed by atoms with E-state index in [1.165, 1.54) is 0 Å². The number of ketones is 2. The van der Waals surface area contributed by atoms with E-state index >= 15 is 0 Å². The first-order valence-electron chi connectivity index (χ1n) is 11.6. The van der Waals surface area contributed by atoms with Crippen LogP contribution in [-0.2, 0) is 4.79 Å². The van der Waals surface area contributed by atoms with Crippen molar-refractivity contribution in [2.24, 2.45) is 0 Å². The van der Waals surface area contributed by atoms with Crippen LogP contribution in [0.2, 0.25) is 0 Å². The lowest BCUT2D eigenvalue weighted by Crippen LogP contribution is -2.36. The standard InChI is InChI=1S/C28H24N4O3/c29-17-19-6-1-4-9-25(19)32-13-5-12-31(14-15-32)18-26(33)30-20-10-11-23-24(16-20)28(35)22-8-3-2-7-21(22)27(23)34/h1-4,6-11,16H,5,12-15,18H2,(H,30,33). The van der Waals surface area contributed by atoms with Gasteiger partial charge in [0, 0.05) is 54.1 Å². The van der Waals surface area contributed by atoms with Crippen LogP contribution in [0.5, 0.6) is 0 Å². The number of nitrogens with zero attached hydrogens (tertiary/aromatic N) is 3. The summed E-state index contributed by atoms with van der Waals surface area (Å²) in [5.74, 6) is -0.567. The predicted octanol–water partition coefficient (Wildman–Crippen LogP) is 3.48. The van der Waals surface area contributed by atoms with Gasteiger partial charge in [-0.05, 0) is 36.8 Å². The summed E-state index contributed by atoms with van der Waals surface area (Å²) < 4.78 is 0. The highest BCUT2D eigenvalue weighted by molar-refractivity contribution is 6.28. The molecule has 1 N–H and O–H groups in total. The van der Waals surface area contributed by atoms with E-state index in [9.17, 15) is 19.6 Å². The molecule has 7 nitrogen and oxygen atoms in total. The Kier molecular flexibility index (Phi) is 6.13. The molecule has 0 aromatic heterocycles. The van der Waals surface area contributed by atoms with Gasteiger partial charge < -0.3 is 10.2 Å². The summed E-state index contributed by atoms with van der Waals surface area (Å²) in [4.78, 5) is 42.8. The molecule has 1 heterocycles.